The summed E-state index contributed by atoms with van der Waals surface area (Å²) in [4.78, 5) is 28.3. The fourth-order valence-corrected chi connectivity index (χ4v) is 3.83. The molecule has 1 aliphatic rings. The number of hydrogen-bond donors (Lipinski definition) is 2. The number of anilines is 2. The lowest BCUT2D eigenvalue weighted by Crippen LogP contribution is -2.23. The number of carbonyl (C=O) groups is 2. The summed E-state index contributed by atoms with van der Waals surface area (Å²) in [5, 5.41) is 9.90. The molecule has 26 heavy (non-hydrogen) atoms. The van der Waals surface area contributed by atoms with Crippen molar-refractivity contribution in [3.05, 3.63) is 52.9 Å². The number of carbonyl (C=O) groups excluding carboxylic acids is 2. The first-order valence-electron chi connectivity index (χ1n) is 8.44. The maximum Gasteiger partial charge on any atom is 0.256 e. The smallest absolute Gasteiger partial charge is 0.256 e. The van der Waals surface area contributed by atoms with Gasteiger partial charge in [0, 0.05) is 35.2 Å². The first-order valence-corrected chi connectivity index (χ1v) is 9.26. The second kappa shape index (κ2) is 6.76. The highest BCUT2D eigenvalue weighted by Gasteiger charge is 2.21. The molecule has 0 bridgehead atoms. The molecule has 1 aromatic carbocycles. The van der Waals surface area contributed by atoms with Gasteiger partial charge < -0.3 is 10.2 Å². The molecule has 7 heteroatoms. The molecule has 3 heterocycles. The molecule has 2 amide bonds. The number of hydrogen-bond acceptors (Lipinski definition) is 4. The highest BCUT2D eigenvalue weighted by Crippen LogP contribution is 2.27. The molecule has 132 valence electrons. The summed E-state index contributed by atoms with van der Waals surface area (Å²) in [6.45, 7) is 2.79. The molecule has 1 saturated heterocycles. The molecule has 1 aliphatic heterocycles. The van der Waals surface area contributed by atoms with Crippen LogP contribution < -0.4 is 10.2 Å². The second-order valence-corrected chi connectivity index (χ2v) is 7.51. The van der Waals surface area contributed by atoms with E-state index < -0.39 is 0 Å². The zero-order valence-electron chi connectivity index (χ0n) is 14.3. The van der Waals surface area contributed by atoms with Crippen molar-refractivity contribution in [1.29, 1.82) is 0 Å². The minimum absolute atomic E-state index is 0.134. The third-order valence-electron chi connectivity index (χ3n) is 4.34. The van der Waals surface area contributed by atoms with E-state index in [9.17, 15) is 9.59 Å². The molecular formula is C19H18N4O2S. The van der Waals surface area contributed by atoms with Gasteiger partial charge in [-0.2, -0.15) is 5.10 Å². The number of amides is 2. The highest BCUT2D eigenvalue weighted by atomic mass is 32.1. The maximum absolute atomic E-state index is 12.4. The molecule has 4 rings (SSSR count). The van der Waals surface area contributed by atoms with Crippen molar-refractivity contribution in [2.75, 3.05) is 16.8 Å². The first kappa shape index (κ1) is 16.5. The Kier molecular flexibility index (Phi) is 4.30. The topological polar surface area (TPSA) is 78.1 Å². The number of benzene rings is 1. The average molecular weight is 366 g/mol. The van der Waals surface area contributed by atoms with Crippen LogP contribution in [0.4, 0.5) is 11.5 Å². The molecule has 2 aromatic heterocycles. The maximum atomic E-state index is 12.4. The Hall–Kier alpha value is -2.93. The Labute approximate surface area is 154 Å². The Bertz CT molecular complexity index is 958. The standard InChI is InChI=1S/C19H18N4O2S/c1-12-4-9-16(26-12)15-11-17(22-21-15)20-19(25)13-5-7-14(8-6-13)23-10-2-3-18(23)24/h4-9,11H,2-3,10H2,1H3,(H2,20,21,22,25). The number of aryl methyl sites for hydroxylation is 1. The molecule has 2 N–H and O–H groups in total. The molecule has 1 fully saturated rings. The van der Waals surface area contributed by atoms with E-state index in [4.69, 9.17) is 0 Å². The Morgan fingerprint density at radius 3 is 2.69 bits per heavy atom. The van der Waals surface area contributed by atoms with E-state index in [-0.39, 0.29) is 11.8 Å². The summed E-state index contributed by atoms with van der Waals surface area (Å²) >= 11 is 1.67. The largest absolute Gasteiger partial charge is 0.312 e. The minimum atomic E-state index is -0.232. The number of nitrogens with zero attached hydrogens (tertiary/aromatic N) is 2. The predicted octanol–water partition coefficient (Wildman–Crippen LogP) is 3.83. The highest BCUT2D eigenvalue weighted by molar-refractivity contribution is 7.15. The van der Waals surface area contributed by atoms with Crippen LogP contribution in [0.15, 0.2) is 42.5 Å². The van der Waals surface area contributed by atoms with E-state index >= 15 is 0 Å². The van der Waals surface area contributed by atoms with Crippen molar-refractivity contribution in [1.82, 2.24) is 10.2 Å². The van der Waals surface area contributed by atoms with E-state index in [1.807, 2.05) is 37.3 Å². The number of aromatic amines is 1. The van der Waals surface area contributed by atoms with Crippen molar-refractivity contribution in [3.63, 3.8) is 0 Å². The third-order valence-corrected chi connectivity index (χ3v) is 5.37. The zero-order valence-corrected chi connectivity index (χ0v) is 15.1. The summed E-state index contributed by atoms with van der Waals surface area (Å²) < 4.78 is 0. The van der Waals surface area contributed by atoms with Crippen LogP contribution in [0, 0.1) is 6.92 Å². The van der Waals surface area contributed by atoms with E-state index in [0.717, 1.165) is 29.2 Å². The minimum Gasteiger partial charge on any atom is -0.312 e. The van der Waals surface area contributed by atoms with Crippen LogP contribution in [0.5, 0.6) is 0 Å². The van der Waals surface area contributed by atoms with Gasteiger partial charge in [-0.15, -0.1) is 11.3 Å². The van der Waals surface area contributed by atoms with E-state index in [2.05, 4.69) is 15.5 Å². The molecule has 0 spiro atoms. The molecule has 0 radical (unpaired) electrons. The second-order valence-electron chi connectivity index (χ2n) is 6.23. The number of nitrogens with one attached hydrogen (secondary N) is 2. The lowest BCUT2D eigenvalue weighted by atomic mass is 10.2. The van der Waals surface area contributed by atoms with Crippen molar-refractivity contribution >= 4 is 34.7 Å². The van der Waals surface area contributed by atoms with Crippen molar-refractivity contribution in [2.45, 2.75) is 19.8 Å². The van der Waals surface area contributed by atoms with Crippen LogP contribution in [0.3, 0.4) is 0 Å². The number of H-pyrrole nitrogens is 1. The summed E-state index contributed by atoms with van der Waals surface area (Å²) in [6.07, 6.45) is 1.47. The average Bonchev–Trinajstić information content (AvgIpc) is 3.36. The summed E-state index contributed by atoms with van der Waals surface area (Å²) in [5.41, 5.74) is 2.23. The van der Waals surface area contributed by atoms with Crippen LogP contribution in [0.2, 0.25) is 0 Å². The lowest BCUT2D eigenvalue weighted by Gasteiger charge is -2.15. The van der Waals surface area contributed by atoms with Gasteiger partial charge in [0.1, 0.15) is 0 Å². The lowest BCUT2D eigenvalue weighted by molar-refractivity contribution is -0.117. The molecule has 6 nitrogen and oxygen atoms in total. The fraction of sp³-hybridized carbons (Fsp3) is 0.211. The van der Waals surface area contributed by atoms with Crippen LogP contribution in [0.25, 0.3) is 10.6 Å². The number of thiophene rings is 1. The molecule has 3 aromatic rings. The third kappa shape index (κ3) is 3.25. The normalized spacial score (nSPS) is 14.0. The number of aromatic nitrogens is 2. The van der Waals surface area contributed by atoms with E-state index in [1.165, 1.54) is 4.88 Å². The predicted molar refractivity (Wildman–Crippen MR) is 103 cm³/mol. The van der Waals surface area contributed by atoms with Crippen molar-refractivity contribution < 1.29 is 9.59 Å². The molecule has 0 saturated carbocycles. The molecule has 0 atom stereocenters. The van der Waals surface area contributed by atoms with Gasteiger partial charge in [0.2, 0.25) is 5.91 Å². The summed E-state index contributed by atoms with van der Waals surface area (Å²) in [6, 6.07) is 13.0. The molecule has 0 aliphatic carbocycles. The first-order chi connectivity index (χ1) is 12.6. The Morgan fingerprint density at radius 2 is 2.04 bits per heavy atom. The monoisotopic (exact) mass is 366 g/mol. The van der Waals surface area contributed by atoms with Crippen LogP contribution in [0.1, 0.15) is 28.1 Å². The molecule has 0 unspecified atom stereocenters. The van der Waals surface area contributed by atoms with E-state index in [1.54, 1.807) is 28.4 Å². The Morgan fingerprint density at radius 1 is 1.23 bits per heavy atom. The quantitative estimate of drug-likeness (QED) is 0.737. The summed E-state index contributed by atoms with van der Waals surface area (Å²) in [5.74, 6) is 0.384. The van der Waals surface area contributed by atoms with Gasteiger partial charge in [-0.1, -0.05) is 0 Å². The van der Waals surface area contributed by atoms with Crippen LogP contribution >= 0.6 is 11.3 Å². The number of rotatable bonds is 4. The van der Waals surface area contributed by atoms with Gasteiger partial charge >= 0.3 is 0 Å². The van der Waals surface area contributed by atoms with Crippen molar-refractivity contribution in [2.24, 2.45) is 0 Å². The summed E-state index contributed by atoms with van der Waals surface area (Å²) in [7, 11) is 0. The van der Waals surface area contributed by atoms with Crippen LogP contribution in [-0.2, 0) is 4.79 Å². The van der Waals surface area contributed by atoms with Gasteiger partial charge in [-0.3, -0.25) is 14.7 Å². The van der Waals surface area contributed by atoms with Gasteiger partial charge in [-0.05, 0) is 49.7 Å². The van der Waals surface area contributed by atoms with Gasteiger partial charge in [0.25, 0.3) is 5.91 Å². The zero-order chi connectivity index (χ0) is 18.1. The Balaban J connectivity index is 1.45. The van der Waals surface area contributed by atoms with Gasteiger partial charge in [0.05, 0.1) is 10.6 Å². The van der Waals surface area contributed by atoms with Gasteiger partial charge in [0.15, 0.2) is 5.82 Å². The van der Waals surface area contributed by atoms with E-state index in [0.29, 0.717) is 17.8 Å². The van der Waals surface area contributed by atoms with Gasteiger partial charge in [-0.25, -0.2) is 0 Å². The molecular weight excluding hydrogens is 348 g/mol. The van der Waals surface area contributed by atoms with Crippen LogP contribution in [-0.4, -0.2) is 28.6 Å². The fourth-order valence-electron chi connectivity index (χ4n) is 2.99. The SMILES string of the molecule is Cc1ccc(-c2cc(NC(=O)c3ccc(N4CCCC4=O)cc3)n[nH]2)s1. The van der Waals surface area contributed by atoms with Crippen molar-refractivity contribution in [3.8, 4) is 10.6 Å².